The molecule has 1 aromatic heterocycles. The van der Waals surface area contributed by atoms with E-state index in [0.29, 0.717) is 11.8 Å². The summed E-state index contributed by atoms with van der Waals surface area (Å²) in [5.74, 6) is 4.04. The molecule has 0 saturated heterocycles. The molecular weight excluding hydrogens is 326 g/mol. The van der Waals surface area contributed by atoms with Gasteiger partial charge in [-0.1, -0.05) is 27.2 Å². The highest BCUT2D eigenvalue weighted by atomic mass is 79.9. The monoisotopic (exact) mass is 353 g/mol. The van der Waals surface area contributed by atoms with Crippen LogP contribution < -0.4 is 5.32 Å². The van der Waals surface area contributed by atoms with Gasteiger partial charge in [-0.2, -0.15) is 0 Å². The summed E-state index contributed by atoms with van der Waals surface area (Å²) >= 11 is 3.69. The molecule has 1 N–H and O–H groups in total. The second kappa shape index (κ2) is 7.57. The van der Waals surface area contributed by atoms with E-state index in [9.17, 15) is 0 Å². The Kier molecular flexibility index (Phi) is 6.03. The highest BCUT2D eigenvalue weighted by molar-refractivity contribution is 9.10. The number of halogens is 1. The van der Waals surface area contributed by atoms with Crippen molar-refractivity contribution in [3.8, 4) is 0 Å². The van der Waals surface area contributed by atoms with Crippen molar-refractivity contribution >= 4 is 21.7 Å². The lowest BCUT2D eigenvalue weighted by Gasteiger charge is -2.16. The molecule has 1 aliphatic rings. The van der Waals surface area contributed by atoms with E-state index in [1.807, 2.05) is 0 Å². The molecule has 1 fully saturated rings. The quantitative estimate of drug-likeness (QED) is 0.766. The number of aromatic nitrogens is 2. The molecule has 0 aliphatic heterocycles. The van der Waals surface area contributed by atoms with Crippen LogP contribution in [0.4, 0.5) is 5.82 Å². The van der Waals surface area contributed by atoms with Crippen molar-refractivity contribution in [2.45, 2.75) is 65.7 Å². The summed E-state index contributed by atoms with van der Waals surface area (Å²) in [4.78, 5) is 9.72. The van der Waals surface area contributed by atoms with Crippen molar-refractivity contribution < 1.29 is 0 Å². The number of nitrogens with one attached hydrogen (secondary N) is 1. The zero-order chi connectivity index (χ0) is 15.4. The molecule has 1 aromatic rings. The van der Waals surface area contributed by atoms with Crippen LogP contribution in [0.1, 0.15) is 70.8 Å². The number of hydrogen-bond acceptors (Lipinski definition) is 3. The molecular formula is C17H28BrN3. The zero-order valence-corrected chi connectivity index (χ0v) is 15.3. The molecule has 1 heterocycles. The maximum Gasteiger partial charge on any atom is 0.144 e. The lowest BCUT2D eigenvalue weighted by Crippen LogP contribution is -2.11. The fourth-order valence-electron chi connectivity index (χ4n) is 3.18. The molecule has 4 heteroatoms. The van der Waals surface area contributed by atoms with Crippen LogP contribution in [-0.2, 0) is 6.42 Å². The molecule has 0 spiro atoms. The molecule has 1 aliphatic carbocycles. The van der Waals surface area contributed by atoms with Gasteiger partial charge in [0.05, 0.1) is 10.2 Å². The predicted molar refractivity (Wildman–Crippen MR) is 92.8 cm³/mol. The van der Waals surface area contributed by atoms with E-state index < -0.39 is 0 Å². The van der Waals surface area contributed by atoms with Gasteiger partial charge in [-0.05, 0) is 60.4 Å². The van der Waals surface area contributed by atoms with Gasteiger partial charge in [-0.15, -0.1) is 0 Å². The summed E-state index contributed by atoms with van der Waals surface area (Å²) < 4.78 is 1.05. The largest absolute Gasteiger partial charge is 0.369 e. The topological polar surface area (TPSA) is 37.8 Å². The van der Waals surface area contributed by atoms with Gasteiger partial charge >= 0.3 is 0 Å². The first-order valence-electron chi connectivity index (χ1n) is 8.35. The molecule has 0 bridgehead atoms. The maximum atomic E-state index is 4.91. The molecule has 0 aromatic carbocycles. The van der Waals surface area contributed by atoms with E-state index in [4.69, 9.17) is 9.97 Å². The second-order valence-electron chi connectivity index (χ2n) is 6.60. The van der Waals surface area contributed by atoms with Crippen LogP contribution in [0.3, 0.4) is 0 Å². The third-order valence-corrected chi connectivity index (χ3v) is 5.20. The summed E-state index contributed by atoms with van der Waals surface area (Å²) in [5, 5.41) is 3.38. The molecule has 2 rings (SSSR count). The molecule has 118 valence electrons. The third kappa shape index (κ3) is 4.18. The predicted octanol–water partition coefficient (Wildman–Crippen LogP) is 5.16. The lowest BCUT2D eigenvalue weighted by molar-refractivity contribution is 0.515. The molecule has 0 radical (unpaired) electrons. The molecule has 1 saturated carbocycles. The Balaban J connectivity index is 2.30. The Morgan fingerprint density at radius 3 is 2.57 bits per heavy atom. The number of anilines is 1. The summed E-state index contributed by atoms with van der Waals surface area (Å²) in [6, 6.07) is 0. The van der Waals surface area contributed by atoms with Gasteiger partial charge in [-0.3, -0.25) is 0 Å². The first kappa shape index (κ1) is 16.7. The van der Waals surface area contributed by atoms with Crippen LogP contribution >= 0.6 is 15.9 Å². The van der Waals surface area contributed by atoms with E-state index in [0.717, 1.165) is 40.7 Å². The third-order valence-electron chi connectivity index (χ3n) is 4.37. The minimum absolute atomic E-state index is 0.548. The van der Waals surface area contributed by atoms with Crippen molar-refractivity contribution in [2.24, 2.45) is 11.8 Å². The lowest BCUT2D eigenvalue weighted by atomic mass is 10.0. The highest BCUT2D eigenvalue weighted by Gasteiger charge is 2.28. The van der Waals surface area contributed by atoms with Crippen LogP contribution in [0, 0.1) is 11.8 Å². The van der Waals surface area contributed by atoms with E-state index in [2.05, 4.69) is 48.9 Å². The van der Waals surface area contributed by atoms with Gasteiger partial charge < -0.3 is 5.32 Å². The van der Waals surface area contributed by atoms with Gasteiger partial charge in [-0.25, -0.2) is 9.97 Å². The minimum Gasteiger partial charge on any atom is -0.369 e. The van der Waals surface area contributed by atoms with E-state index in [-0.39, 0.29) is 0 Å². The number of nitrogens with zero attached hydrogens (tertiary/aromatic N) is 2. The van der Waals surface area contributed by atoms with Crippen molar-refractivity contribution in [3.05, 3.63) is 16.0 Å². The van der Waals surface area contributed by atoms with Crippen molar-refractivity contribution in [3.63, 3.8) is 0 Å². The fraction of sp³-hybridized carbons (Fsp3) is 0.765. The summed E-state index contributed by atoms with van der Waals surface area (Å²) in [6.45, 7) is 9.77. The van der Waals surface area contributed by atoms with E-state index in [1.165, 1.54) is 25.7 Å². The summed E-state index contributed by atoms with van der Waals surface area (Å²) in [7, 11) is 0. The fourth-order valence-corrected chi connectivity index (χ4v) is 3.66. The molecule has 0 amide bonds. The molecule has 21 heavy (non-hydrogen) atoms. The van der Waals surface area contributed by atoms with E-state index >= 15 is 0 Å². The summed E-state index contributed by atoms with van der Waals surface area (Å²) in [6.07, 6.45) is 6.11. The van der Waals surface area contributed by atoms with Crippen molar-refractivity contribution in [1.82, 2.24) is 9.97 Å². The average molecular weight is 354 g/mol. The molecule has 3 nitrogen and oxygen atoms in total. The second-order valence-corrected chi connectivity index (χ2v) is 7.40. The smallest absolute Gasteiger partial charge is 0.144 e. The van der Waals surface area contributed by atoms with Crippen molar-refractivity contribution in [1.29, 1.82) is 0 Å². The van der Waals surface area contributed by atoms with Gasteiger partial charge in [0.1, 0.15) is 11.6 Å². The van der Waals surface area contributed by atoms with Crippen LogP contribution in [-0.4, -0.2) is 16.5 Å². The first-order chi connectivity index (χ1) is 10.0. The number of hydrogen-bond donors (Lipinski definition) is 1. The van der Waals surface area contributed by atoms with Crippen LogP contribution in [0.25, 0.3) is 0 Å². The van der Waals surface area contributed by atoms with Crippen LogP contribution in [0.15, 0.2) is 4.47 Å². The maximum absolute atomic E-state index is 4.91. The minimum atomic E-state index is 0.548. The highest BCUT2D eigenvalue weighted by Crippen LogP contribution is 2.39. The Labute approximate surface area is 137 Å². The van der Waals surface area contributed by atoms with Crippen molar-refractivity contribution in [2.75, 3.05) is 11.9 Å². The molecule has 2 unspecified atom stereocenters. The standard InChI is InChI=1S/C17H28BrN3/c1-5-12-7-8-13(10-12)16-20-14(9-11(3)4)15(18)17(21-16)19-6-2/h11-13H,5-10H2,1-4H3,(H,19,20,21). The van der Waals surface area contributed by atoms with Gasteiger partial charge in [0.15, 0.2) is 0 Å². The first-order valence-corrected chi connectivity index (χ1v) is 9.14. The Morgan fingerprint density at radius 1 is 1.24 bits per heavy atom. The van der Waals surface area contributed by atoms with Gasteiger partial charge in [0.25, 0.3) is 0 Å². The van der Waals surface area contributed by atoms with E-state index in [1.54, 1.807) is 0 Å². The van der Waals surface area contributed by atoms with Gasteiger partial charge in [0.2, 0.25) is 0 Å². The SMILES string of the molecule is CCNc1nc(C2CCC(CC)C2)nc(CC(C)C)c1Br. The Hall–Kier alpha value is -0.640. The Morgan fingerprint density at radius 2 is 2.00 bits per heavy atom. The van der Waals surface area contributed by atoms with Gasteiger partial charge in [0, 0.05) is 12.5 Å². The normalized spacial score (nSPS) is 22.0. The molecule has 2 atom stereocenters. The van der Waals surface area contributed by atoms with Crippen LogP contribution in [0.2, 0.25) is 0 Å². The number of rotatable bonds is 6. The Bertz CT molecular complexity index is 473. The van der Waals surface area contributed by atoms with Crippen LogP contribution in [0.5, 0.6) is 0 Å². The average Bonchev–Trinajstić information content (AvgIpc) is 2.91. The summed E-state index contributed by atoms with van der Waals surface area (Å²) in [5.41, 5.74) is 1.16. The zero-order valence-electron chi connectivity index (χ0n) is 13.7.